The summed E-state index contributed by atoms with van der Waals surface area (Å²) in [7, 11) is 0. The Morgan fingerprint density at radius 2 is 1.73 bits per heavy atom. The predicted octanol–water partition coefficient (Wildman–Crippen LogP) is 6.96. The van der Waals surface area contributed by atoms with Crippen molar-refractivity contribution in [3.05, 3.63) is 122 Å². The Balaban J connectivity index is 1.58. The molecule has 40 heavy (non-hydrogen) atoms. The minimum Gasteiger partial charge on any atom is -0.352 e. The fourth-order valence-corrected chi connectivity index (χ4v) is 7.87. The van der Waals surface area contributed by atoms with Gasteiger partial charge in [-0.1, -0.05) is 65.7 Å². The van der Waals surface area contributed by atoms with Crippen LogP contribution in [0.25, 0.3) is 5.57 Å². The van der Waals surface area contributed by atoms with Gasteiger partial charge in [-0.3, -0.25) is 14.4 Å². The molecule has 4 heterocycles. The molecule has 0 saturated carbocycles. The van der Waals surface area contributed by atoms with Crippen LogP contribution in [-0.2, 0) is 10.2 Å². The first kappa shape index (κ1) is 25.0. The normalized spacial score (nSPS) is 24.3. The molecule has 3 aliphatic heterocycles. The van der Waals surface area contributed by atoms with Gasteiger partial charge in [-0.2, -0.15) is 0 Å². The molecule has 3 aliphatic rings. The molecule has 7 rings (SSSR count). The van der Waals surface area contributed by atoms with E-state index < -0.39 is 23.4 Å². The van der Waals surface area contributed by atoms with Crippen molar-refractivity contribution >= 4 is 57.4 Å². The van der Waals surface area contributed by atoms with E-state index in [2.05, 4.69) is 17.5 Å². The van der Waals surface area contributed by atoms with E-state index >= 15 is 0 Å². The van der Waals surface area contributed by atoms with Crippen LogP contribution < -0.4 is 10.2 Å². The van der Waals surface area contributed by atoms with Gasteiger partial charge in [-0.25, -0.2) is 0 Å². The van der Waals surface area contributed by atoms with Crippen molar-refractivity contribution in [2.24, 2.45) is 5.92 Å². The lowest BCUT2D eigenvalue weighted by Crippen LogP contribution is -2.51. The van der Waals surface area contributed by atoms with Crippen LogP contribution in [0.1, 0.15) is 43.6 Å². The summed E-state index contributed by atoms with van der Waals surface area (Å²) in [6.07, 6.45) is 2.07. The van der Waals surface area contributed by atoms with E-state index in [1.54, 1.807) is 30.3 Å². The molecule has 3 aromatic carbocycles. The maximum absolute atomic E-state index is 14.8. The third-order valence-corrected chi connectivity index (χ3v) is 9.80. The number of carbonyl (C=O) groups is 3. The molecule has 0 aliphatic carbocycles. The zero-order valence-corrected chi connectivity index (χ0v) is 23.4. The summed E-state index contributed by atoms with van der Waals surface area (Å²) in [5.41, 5.74) is 4.27. The van der Waals surface area contributed by atoms with Gasteiger partial charge in [0.15, 0.2) is 11.6 Å². The number of nitrogens with zero attached hydrogens (tertiary/aromatic N) is 1. The highest BCUT2D eigenvalue weighted by Gasteiger charge is 2.70. The molecule has 4 aromatic rings. The van der Waals surface area contributed by atoms with Crippen LogP contribution >= 0.6 is 22.9 Å². The minimum absolute atomic E-state index is 0.182. The first-order chi connectivity index (χ1) is 19.3. The molecule has 1 fully saturated rings. The van der Waals surface area contributed by atoms with Crippen LogP contribution in [0.4, 0.5) is 11.4 Å². The number of benzene rings is 3. The number of hydrogen-bond donors (Lipinski definition) is 1. The summed E-state index contributed by atoms with van der Waals surface area (Å²) in [6, 6.07) is 22.6. The van der Waals surface area contributed by atoms with E-state index in [1.165, 1.54) is 11.3 Å². The van der Waals surface area contributed by atoms with Crippen LogP contribution in [0.5, 0.6) is 0 Å². The highest BCUT2D eigenvalue weighted by Crippen LogP contribution is 2.59. The van der Waals surface area contributed by atoms with Gasteiger partial charge in [-0.15, -0.1) is 11.3 Å². The standard InChI is InChI=1S/C33H25ClN2O3S/c1-18-13-14-25-21(16-18)19(2)17-27-33(22-9-4-6-11-24(22)35-32(33)39)28(30(37)20-8-3-5-10-23(20)34)29(36(25)27)31(38)26-12-7-15-40-26/h3-17,27-29H,1-2H3,(H,35,39)/t27-,28-,29-,33-/m0/s1. The summed E-state index contributed by atoms with van der Waals surface area (Å²) in [5, 5.41) is 5.22. The molecule has 1 N–H and O–H groups in total. The number of hydrogen-bond acceptors (Lipinski definition) is 5. The van der Waals surface area contributed by atoms with Crippen molar-refractivity contribution in [3.63, 3.8) is 0 Å². The highest BCUT2D eigenvalue weighted by atomic mass is 35.5. The van der Waals surface area contributed by atoms with Gasteiger partial charge in [0.05, 0.1) is 21.9 Å². The second-order valence-electron chi connectivity index (χ2n) is 10.7. The van der Waals surface area contributed by atoms with Crippen LogP contribution in [0.3, 0.4) is 0 Å². The molecule has 1 amide bonds. The van der Waals surface area contributed by atoms with E-state index in [0.29, 0.717) is 21.2 Å². The van der Waals surface area contributed by atoms with Crippen LogP contribution in [0, 0.1) is 12.8 Å². The number of aryl methyl sites for hydroxylation is 1. The van der Waals surface area contributed by atoms with Gasteiger partial charge >= 0.3 is 0 Å². The summed E-state index contributed by atoms with van der Waals surface area (Å²) in [4.78, 5) is 46.3. The van der Waals surface area contributed by atoms with Crippen LogP contribution in [-0.4, -0.2) is 29.6 Å². The summed E-state index contributed by atoms with van der Waals surface area (Å²) in [5.74, 6) is -1.82. The second kappa shape index (κ2) is 9.01. The summed E-state index contributed by atoms with van der Waals surface area (Å²) >= 11 is 7.94. The average Bonchev–Trinajstić information content (AvgIpc) is 3.66. The SMILES string of the molecule is CC1=C[C@@H]2N(c3ccc(C)cc31)[C@H](C(=O)c1cccs1)[C@@H](C(=O)c1ccccc1Cl)[C@@]21C(=O)Nc2ccccc21. The molecule has 0 radical (unpaired) electrons. The van der Waals surface area contributed by atoms with Crippen molar-refractivity contribution in [3.8, 4) is 0 Å². The molecule has 0 bridgehead atoms. The Hall–Kier alpha value is -4.00. The van der Waals surface area contributed by atoms with Crippen molar-refractivity contribution in [1.82, 2.24) is 0 Å². The molecule has 1 saturated heterocycles. The maximum atomic E-state index is 14.8. The maximum Gasteiger partial charge on any atom is 0.238 e. The number of anilines is 2. The van der Waals surface area contributed by atoms with Gasteiger partial charge in [0, 0.05) is 22.5 Å². The van der Waals surface area contributed by atoms with Crippen molar-refractivity contribution in [2.75, 3.05) is 10.2 Å². The molecule has 198 valence electrons. The third kappa shape index (κ3) is 3.30. The lowest BCUT2D eigenvalue weighted by Gasteiger charge is -2.39. The van der Waals surface area contributed by atoms with E-state index in [0.717, 1.165) is 28.0 Å². The number of thiophene rings is 1. The van der Waals surface area contributed by atoms with Gasteiger partial charge < -0.3 is 10.2 Å². The van der Waals surface area contributed by atoms with Gasteiger partial charge in [-0.05, 0) is 66.8 Å². The van der Waals surface area contributed by atoms with Crippen LogP contribution in [0.2, 0.25) is 5.02 Å². The summed E-state index contributed by atoms with van der Waals surface area (Å²) in [6.45, 7) is 4.06. The molecule has 7 heteroatoms. The monoisotopic (exact) mass is 564 g/mol. The highest BCUT2D eigenvalue weighted by molar-refractivity contribution is 7.12. The number of allylic oxidation sites excluding steroid dienone is 1. The summed E-state index contributed by atoms with van der Waals surface area (Å²) < 4.78 is 0. The number of halogens is 1. The first-order valence-electron chi connectivity index (χ1n) is 13.2. The molecule has 5 nitrogen and oxygen atoms in total. The number of carbonyl (C=O) groups excluding carboxylic acids is 3. The van der Waals surface area contributed by atoms with E-state index in [9.17, 15) is 14.4 Å². The lowest BCUT2D eigenvalue weighted by molar-refractivity contribution is -0.121. The number of amides is 1. The topological polar surface area (TPSA) is 66.5 Å². The van der Waals surface area contributed by atoms with Crippen molar-refractivity contribution in [2.45, 2.75) is 31.3 Å². The zero-order valence-electron chi connectivity index (χ0n) is 21.9. The predicted molar refractivity (Wildman–Crippen MR) is 160 cm³/mol. The third-order valence-electron chi connectivity index (χ3n) is 8.59. The molecule has 0 unspecified atom stereocenters. The Labute approximate surface area is 241 Å². The number of rotatable bonds is 4. The van der Waals surface area contributed by atoms with Gasteiger partial charge in [0.1, 0.15) is 11.5 Å². The fourth-order valence-electron chi connectivity index (χ4n) is 6.94. The zero-order chi connectivity index (χ0) is 27.8. The molecule has 4 atom stereocenters. The Morgan fingerprint density at radius 1 is 0.950 bits per heavy atom. The quantitative estimate of drug-likeness (QED) is 0.272. The molecular formula is C33H25ClN2O3S. The van der Waals surface area contributed by atoms with Gasteiger partial charge in [0.2, 0.25) is 5.91 Å². The Morgan fingerprint density at radius 3 is 2.50 bits per heavy atom. The van der Waals surface area contributed by atoms with E-state index in [-0.39, 0.29) is 17.5 Å². The van der Waals surface area contributed by atoms with E-state index in [1.807, 2.05) is 66.6 Å². The fraction of sp³-hybridized carbons (Fsp3) is 0.182. The average molecular weight is 565 g/mol. The lowest BCUT2D eigenvalue weighted by atomic mass is 9.64. The number of Topliss-reactive ketones (excluding diaryl/α,β-unsaturated/α-hetero) is 2. The van der Waals surface area contributed by atoms with Crippen molar-refractivity contribution in [1.29, 1.82) is 0 Å². The number of nitrogens with one attached hydrogen (secondary N) is 1. The Bertz CT molecular complexity index is 1760. The van der Waals surface area contributed by atoms with Gasteiger partial charge in [0.25, 0.3) is 0 Å². The minimum atomic E-state index is -1.35. The molecule has 1 spiro atoms. The largest absolute Gasteiger partial charge is 0.352 e. The van der Waals surface area contributed by atoms with E-state index in [4.69, 9.17) is 11.6 Å². The first-order valence-corrected chi connectivity index (χ1v) is 14.4. The van der Waals surface area contributed by atoms with Crippen molar-refractivity contribution < 1.29 is 14.4 Å². The molecular weight excluding hydrogens is 540 g/mol. The molecule has 1 aromatic heterocycles. The van der Waals surface area contributed by atoms with Crippen LogP contribution in [0.15, 0.2) is 90.3 Å². The Kier molecular flexibility index (Phi) is 5.63. The number of para-hydroxylation sites is 1. The smallest absolute Gasteiger partial charge is 0.238 e. The number of fused-ring (bicyclic) bond motifs is 6. The number of ketones is 2. The second-order valence-corrected chi connectivity index (χ2v) is 12.1.